The quantitative estimate of drug-likeness (QED) is 0.780. The molecule has 1 saturated heterocycles. The number of nitrogens with zero attached hydrogens (tertiary/aromatic N) is 1. The fraction of sp³-hybridized carbons (Fsp3) is 0.455. The number of hydrogen-bond acceptors (Lipinski definition) is 5. The molecule has 0 saturated carbocycles. The standard InChI is InChI=1S/C22H27ClN2O3S/c1-28-19-7-6-18-15-25(13-10-17(18)14-19)22(16-8-11-24-12-9-16)29(26,27)21-5-3-2-4-20(21)23/h2-7,14,16,22,24H,8-13,15H2,1H3. The lowest BCUT2D eigenvalue weighted by Crippen LogP contribution is -2.50. The minimum atomic E-state index is -3.60. The van der Waals surface area contributed by atoms with Crippen molar-refractivity contribution in [1.29, 1.82) is 0 Å². The third-order valence-electron chi connectivity index (χ3n) is 6.06. The van der Waals surface area contributed by atoms with Crippen LogP contribution >= 0.6 is 11.6 Å². The van der Waals surface area contributed by atoms with Crippen molar-refractivity contribution in [3.8, 4) is 5.75 Å². The van der Waals surface area contributed by atoms with Crippen LogP contribution in [0.25, 0.3) is 0 Å². The first-order valence-electron chi connectivity index (χ1n) is 10.1. The van der Waals surface area contributed by atoms with Crippen molar-refractivity contribution in [2.75, 3.05) is 26.7 Å². The van der Waals surface area contributed by atoms with E-state index in [1.165, 1.54) is 11.1 Å². The van der Waals surface area contributed by atoms with Gasteiger partial charge in [0.15, 0.2) is 9.84 Å². The highest BCUT2D eigenvalue weighted by atomic mass is 35.5. The molecule has 29 heavy (non-hydrogen) atoms. The normalized spacial score (nSPS) is 19.5. The van der Waals surface area contributed by atoms with Gasteiger partial charge in [0.1, 0.15) is 11.1 Å². The molecule has 0 bridgehead atoms. The Morgan fingerprint density at radius 1 is 1.14 bits per heavy atom. The third kappa shape index (κ3) is 4.17. The smallest absolute Gasteiger partial charge is 0.196 e. The molecule has 2 aliphatic rings. The lowest BCUT2D eigenvalue weighted by molar-refractivity contribution is 0.159. The molecule has 0 amide bonds. The van der Waals surface area contributed by atoms with Crippen LogP contribution in [-0.4, -0.2) is 45.4 Å². The summed E-state index contributed by atoms with van der Waals surface area (Å²) in [6, 6.07) is 12.9. The van der Waals surface area contributed by atoms with Gasteiger partial charge in [0.05, 0.1) is 17.0 Å². The van der Waals surface area contributed by atoms with Crippen molar-refractivity contribution >= 4 is 21.4 Å². The number of ether oxygens (including phenoxy) is 1. The van der Waals surface area contributed by atoms with Crippen molar-refractivity contribution in [3.63, 3.8) is 0 Å². The van der Waals surface area contributed by atoms with Crippen molar-refractivity contribution < 1.29 is 13.2 Å². The van der Waals surface area contributed by atoms with E-state index in [1.807, 2.05) is 6.07 Å². The third-order valence-corrected chi connectivity index (χ3v) is 8.79. The Bertz CT molecular complexity index is 974. The molecule has 0 aliphatic carbocycles. The van der Waals surface area contributed by atoms with E-state index in [4.69, 9.17) is 16.3 Å². The summed E-state index contributed by atoms with van der Waals surface area (Å²) in [5.41, 5.74) is 2.41. The second-order valence-corrected chi connectivity index (χ2v) is 10.2. The molecule has 1 atom stereocenters. The van der Waals surface area contributed by atoms with Gasteiger partial charge in [-0.05, 0) is 73.7 Å². The van der Waals surface area contributed by atoms with E-state index in [9.17, 15) is 8.42 Å². The summed E-state index contributed by atoms with van der Waals surface area (Å²) in [7, 11) is -1.94. The maximum Gasteiger partial charge on any atom is 0.196 e. The number of piperidine rings is 1. The second kappa shape index (κ2) is 8.64. The summed E-state index contributed by atoms with van der Waals surface area (Å²) >= 11 is 6.32. The average Bonchev–Trinajstić information content (AvgIpc) is 2.74. The molecule has 2 aromatic rings. The number of halogens is 1. The Hall–Kier alpha value is -1.60. The molecule has 2 heterocycles. The van der Waals surface area contributed by atoms with Crippen LogP contribution in [0.1, 0.15) is 24.0 Å². The highest BCUT2D eigenvalue weighted by molar-refractivity contribution is 7.92. The fourth-order valence-corrected chi connectivity index (χ4v) is 7.26. The molecule has 1 N–H and O–H groups in total. The Morgan fingerprint density at radius 3 is 2.62 bits per heavy atom. The van der Waals surface area contributed by atoms with Crippen LogP contribution in [0.5, 0.6) is 5.75 Å². The van der Waals surface area contributed by atoms with Crippen molar-refractivity contribution in [3.05, 3.63) is 58.6 Å². The molecule has 0 radical (unpaired) electrons. The van der Waals surface area contributed by atoms with E-state index >= 15 is 0 Å². The van der Waals surface area contributed by atoms with Crippen LogP contribution in [0.4, 0.5) is 0 Å². The van der Waals surface area contributed by atoms with Gasteiger partial charge in [-0.1, -0.05) is 29.8 Å². The molecular weight excluding hydrogens is 408 g/mol. The SMILES string of the molecule is COc1ccc2c(c1)CCN(C(C1CCNCC1)S(=O)(=O)c1ccccc1Cl)C2. The Morgan fingerprint density at radius 2 is 1.90 bits per heavy atom. The summed E-state index contributed by atoms with van der Waals surface area (Å²) in [5.74, 6) is 0.924. The monoisotopic (exact) mass is 434 g/mol. The number of nitrogens with one attached hydrogen (secondary N) is 1. The van der Waals surface area contributed by atoms with Crippen molar-refractivity contribution in [2.45, 2.75) is 36.1 Å². The molecule has 1 fully saturated rings. The lowest BCUT2D eigenvalue weighted by atomic mass is 9.94. The lowest BCUT2D eigenvalue weighted by Gasteiger charge is -2.40. The van der Waals surface area contributed by atoms with Gasteiger partial charge in [-0.15, -0.1) is 0 Å². The Kier molecular flexibility index (Phi) is 6.16. The minimum absolute atomic E-state index is 0.0809. The number of sulfone groups is 1. The van der Waals surface area contributed by atoms with Crippen LogP contribution in [0.2, 0.25) is 5.02 Å². The highest BCUT2D eigenvalue weighted by Crippen LogP contribution is 2.36. The number of rotatable bonds is 5. The molecule has 5 nitrogen and oxygen atoms in total. The predicted octanol–water partition coefficient (Wildman–Crippen LogP) is 3.51. The summed E-state index contributed by atoms with van der Waals surface area (Å²) in [4.78, 5) is 2.38. The first kappa shape index (κ1) is 20.7. The predicted molar refractivity (Wildman–Crippen MR) is 115 cm³/mol. The zero-order valence-electron chi connectivity index (χ0n) is 16.6. The number of hydrogen-bond donors (Lipinski definition) is 1. The van der Waals surface area contributed by atoms with E-state index in [-0.39, 0.29) is 10.8 Å². The van der Waals surface area contributed by atoms with Gasteiger partial charge < -0.3 is 10.1 Å². The van der Waals surface area contributed by atoms with Crippen LogP contribution in [-0.2, 0) is 22.8 Å². The molecule has 7 heteroatoms. The molecule has 2 aliphatic heterocycles. The zero-order chi connectivity index (χ0) is 20.4. The van der Waals surface area contributed by atoms with E-state index in [1.54, 1.807) is 31.4 Å². The van der Waals surface area contributed by atoms with Gasteiger partial charge in [-0.25, -0.2) is 8.42 Å². The maximum atomic E-state index is 13.8. The molecule has 1 unspecified atom stereocenters. The largest absolute Gasteiger partial charge is 0.497 e. The van der Waals surface area contributed by atoms with Crippen molar-refractivity contribution in [1.82, 2.24) is 10.2 Å². The summed E-state index contributed by atoms with van der Waals surface area (Å²) in [6.45, 7) is 3.03. The number of methoxy groups -OCH3 is 1. The van der Waals surface area contributed by atoms with Gasteiger partial charge in [0.2, 0.25) is 0 Å². The Labute approximate surface area is 177 Å². The van der Waals surface area contributed by atoms with Crippen molar-refractivity contribution in [2.24, 2.45) is 5.92 Å². The van der Waals surface area contributed by atoms with Crippen LogP contribution < -0.4 is 10.1 Å². The molecular formula is C22H27ClN2O3S. The Balaban J connectivity index is 1.70. The zero-order valence-corrected chi connectivity index (χ0v) is 18.2. The first-order valence-corrected chi connectivity index (χ1v) is 12.0. The van der Waals surface area contributed by atoms with Crippen LogP contribution in [0.15, 0.2) is 47.4 Å². The van der Waals surface area contributed by atoms with Gasteiger partial charge in [0, 0.05) is 13.1 Å². The minimum Gasteiger partial charge on any atom is -0.497 e. The van der Waals surface area contributed by atoms with Gasteiger partial charge >= 0.3 is 0 Å². The van der Waals surface area contributed by atoms with Gasteiger partial charge in [-0.3, -0.25) is 4.90 Å². The van der Waals surface area contributed by atoms with E-state index in [0.717, 1.165) is 38.1 Å². The maximum absolute atomic E-state index is 13.8. The summed E-state index contributed by atoms with van der Waals surface area (Å²) < 4.78 is 32.9. The average molecular weight is 435 g/mol. The van der Waals surface area contributed by atoms with Crippen LogP contribution in [0, 0.1) is 5.92 Å². The second-order valence-electron chi connectivity index (χ2n) is 7.81. The molecule has 4 rings (SSSR count). The van der Waals surface area contributed by atoms with Gasteiger partial charge in [-0.2, -0.15) is 0 Å². The summed E-state index contributed by atoms with van der Waals surface area (Å²) in [6.07, 6.45) is 2.51. The van der Waals surface area contributed by atoms with E-state index < -0.39 is 15.2 Å². The molecule has 2 aromatic carbocycles. The molecule has 0 aromatic heterocycles. The fourth-order valence-electron chi connectivity index (χ4n) is 4.58. The topological polar surface area (TPSA) is 58.6 Å². The first-order chi connectivity index (χ1) is 14.0. The molecule has 156 valence electrons. The highest BCUT2D eigenvalue weighted by Gasteiger charge is 2.41. The number of fused-ring (bicyclic) bond motifs is 1. The van der Waals surface area contributed by atoms with Gasteiger partial charge in [0.25, 0.3) is 0 Å². The summed E-state index contributed by atoms with van der Waals surface area (Å²) in [5, 5.41) is 3.08. The van der Waals surface area contributed by atoms with E-state index in [0.29, 0.717) is 18.1 Å². The van der Waals surface area contributed by atoms with Crippen LogP contribution in [0.3, 0.4) is 0 Å². The van der Waals surface area contributed by atoms with E-state index in [2.05, 4.69) is 22.3 Å². The molecule has 0 spiro atoms. The number of benzene rings is 2.